The first-order valence-electron chi connectivity index (χ1n) is 5.46. The lowest BCUT2D eigenvalue weighted by Gasteiger charge is -2.10. The quantitative estimate of drug-likeness (QED) is 0.331. The van der Waals surface area contributed by atoms with Gasteiger partial charge in [-0.1, -0.05) is 17.3 Å². The van der Waals surface area contributed by atoms with E-state index >= 15 is 0 Å². The van der Waals surface area contributed by atoms with Gasteiger partial charge in [0.25, 0.3) is 5.91 Å². The molecule has 1 aromatic carbocycles. The number of nitrogens with two attached hydrogens (primary N) is 2. The first-order valence-corrected chi connectivity index (χ1v) is 5.46. The second-order valence-electron chi connectivity index (χ2n) is 3.82. The SMILES string of the molecule is NC(=O)c1cccnc1-c1cccc(N)c1C=NO. The summed E-state index contributed by atoms with van der Waals surface area (Å²) in [4.78, 5) is 15.6. The van der Waals surface area contributed by atoms with E-state index in [1.54, 1.807) is 36.5 Å². The first-order chi connectivity index (χ1) is 9.15. The lowest BCUT2D eigenvalue weighted by Crippen LogP contribution is -2.13. The normalized spacial score (nSPS) is 10.7. The Labute approximate surface area is 109 Å². The third kappa shape index (κ3) is 2.37. The van der Waals surface area contributed by atoms with Gasteiger partial charge in [-0.05, 0) is 18.2 Å². The minimum absolute atomic E-state index is 0.278. The molecule has 1 amide bonds. The van der Waals surface area contributed by atoms with Crippen LogP contribution in [-0.2, 0) is 0 Å². The average molecular weight is 256 g/mol. The number of benzene rings is 1. The Morgan fingerprint density at radius 2 is 2.11 bits per heavy atom. The van der Waals surface area contributed by atoms with Gasteiger partial charge in [-0.15, -0.1) is 0 Å². The topological polar surface area (TPSA) is 115 Å². The number of primary amides is 1. The minimum Gasteiger partial charge on any atom is -0.411 e. The first kappa shape index (κ1) is 12.6. The molecule has 0 aliphatic heterocycles. The van der Waals surface area contributed by atoms with Crippen molar-refractivity contribution in [2.75, 3.05) is 5.73 Å². The molecule has 1 aromatic heterocycles. The van der Waals surface area contributed by atoms with Gasteiger partial charge in [-0.3, -0.25) is 9.78 Å². The highest BCUT2D eigenvalue weighted by molar-refractivity contribution is 6.03. The van der Waals surface area contributed by atoms with Crippen LogP contribution in [0.15, 0.2) is 41.7 Å². The highest BCUT2D eigenvalue weighted by Crippen LogP contribution is 2.27. The van der Waals surface area contributed by atoms with Crippen LogP contribution in [0, 0.1) is 0 Å². The van der Waals surface area contributed by atoms with Crippen molar-refractivity contribution < 1.29 is 10.0 Å². The second-order valence-corrected chi connectivity index (χ2v) is 3.82. The van der Waals surface area contributed by atoms with Crippen molar-refractivity contribution in [2.45, 2.75) is 0 Å². The molecule has 96 valence electrons. The van der Waals surface area contributed by atoms with Gasteiger partial charge in [0.2, 0.25) is 0 Å². The van der Waals surface area contributed by atoms with E-state index in [9.17, 15) is 4.79 Å². The summed E-state index contributed by atoms with van der Waals surface area (Å²) in [5.41, 5.74) is 13.3. The molecule has 0 fully saturated rings. The smallest absolute Gasteiger partial charge is 0.250 e. The molecular weight excluding hydrogens is 244 g/mol. The molecule has 0 aliphatic carbocycles. The molecule has 0 atom stereocenters. The zero-order valence-corrected chi connectivity index (χ0v) is 9.95. The van der Waals surface area contributed by atoms with Gasteiger partial charge in [0.15, 0.2) is 0 Å². The highest BCUT2D eigenvalue weighted by atomic mass is 16.4. The molecule has 1 heterocycles. The fraction of sp³-hybridized carbons (Fsp3) is 0. The van der Waals surface area contributed by atoms with Crippen LogP contribution in [0.3, 0.4) is 0 Å². The van der Waals surface area contributed by atoms with E-state index in [2.05, 4.69) is 10.1 Å². The lowest BCUT2D eigenvalue weighted by atomic mass is 9.99. The Morgan fingerprint density at radius 1 is 1.32 bits per heavy atom. The largest absolute Gasteiger partial charge is 0.411 e. The van der Waals surface area contributed by atoms with Gasteiger partial charge in [-0.2, -0.15) is 0 Å². The van der Waals surface area contributed by atoms with Gasteiger partial charge < -0.3 is 16.7 Å². The van der Waals surface area contributed by atoms with Gasteiger partial charge in [-0.25, -0.2) is 0 Å². The number of pyridine rings is 1. The predicted molar refractivity (Wildman–Crippen MR) is 72.0 cm³/mol. The van der Waals surface area contributed by atoms with E-state index in [0.717, 1.165) is 0 Å². The molecule has 5 N–H and O–H groups in total. The van der Waals surface area contributed by atoms with Crippen LogP contribution in [0.2, 0.25) is 0 Å². The number of oxime groups is 1. The van der Waals surface area contributed by atoms with E-state index in [4.69, 9.17) is 16.7 Å². The maximum Gasteiger partial charge on any atom is 0.250 e. The van der Waals surface area contributed by atoms with Crippen molar-refractivity contribution in [1.82, 2.24) is 4.98 Å². The maximum absolute atomic E-state index is 11.4. The summed E-state index contributed by atoms with van der Waals surface area (Å²) in [5, 5.41) is 11.7. The number of amides is 1. The van der Waals surface area contributed by atoms with Crippen LogP contribution in [0.4, 0.5) is 5.69 Å². The summed E-state index contributed by atoms with van der Waals surface area (Å²) in [6, 6.07) is 8.30. The third-order valence-corrected chi connectivity index (χ3v) is 2.65. The number of carbonyl (C=O) groups is 1. The Kier molecular flexibility index (Phi) is 3.42. The second kappa shape index (κ2) is 5.18. The van der Waals surface area contributed by atoms with E-state index in [1.165, 1.54) is 6.21 Å². The van der Waals surface area contributed by atoms with E-state index < -0.39 is 5.91 Å². The summed E-state index contributed by atoms with van der Waals surface area (Å²) in [7, 11) is 0. The van der Waals surface area contributed by atoms with Gasteiger partial charge in [0.1, 0.15) is 0 Å². The molecule has 0 spiro atoms. The number of carbonyl (C=O) groups excluding carboxylic acids is 1. The van der Waals surface area contributed by atoms with Crippen molar-refractivity contribution in [2.24, 2.45) is 10.9 Å². The molecule has 19 heavy (non-hydrogen) atoms. The van der Waals surface area contributed by atoms with Crippen LogP contribution >= 0.6 is 0 Å². The molecule has 0 bridgehead atoms. The number of hydrogen-bond acceptors (Lipinski definition) is 5. The molecule has 2 aromatic rings. The average Bonchev–Trinajstić information content (AvgIpc) is 2.41. The number of nitrogens with zero attached hydrogens (tertiary/aromatic N) is 2. The van der Waals surface area contributed by atoms with Crippen LogP contribution in [0.1, 0.15) is 15.9 Å². The summed E-state index contributed by atoms with van der Waals surface area (Å²) in [6.45, 7) is 0. The maximum atomic E-state index is 11.4. The number of nitrogen functional groups attached to an aromatic ring is 1. The fourth-order valence-corrected chi connectivity index (χ4v) is 1.81. The van der Waals surface area contributed by atoms with E-state index in [1.807, 2.05) is 0 Å². The zero-order chi connectivity index (χ0) is 13.8. The monoisotopic (exact) mass is 256 g/mol. The fourth-order valence-electron chi connectivity index (χ4n) is 1.81. The zero-order valence-electron chi connectivity index (χ0n) is 9.95. The van der Waals surface area contributed by atoms with Crippen molar-refractivity contribution in [3.8, 4) is 11.3 Å². The summed E-state index contributed by atoms with van der Waals surface area (Å²) < 4.78 is 0. The molecular formula is C13H12N4O2. The summed E-state index contributed by atoms with van der Waals surface area (Å²) >= 11 is 0. The Hall–Kier alpha value is -2.89. The van der Waals surface area contributed by atoms with Gasteiger partial charge >= 0.3 is 0 Å². The van der Waals surface area contributed by atoms with Gasteiger partial charge in [0, 0.05) is 23.0 Å². The lowest BCUT2D eigenvalue weighted by molar-refractivity contribution is 0.100. The molecule has 6 nitrogen and oxygen atoms in total. The molecule has 0 saturated heterocycles. The van der Waals surface area contributed by atoms with Gasteiger partial charge in [0.05, 0.1) is 17.5 Å². The number of aromatic nitrogens is 1. The van der Waals surface area contributed by atoms with Crippen molar-refractivity contribution >= 4 is 17.8 Å². The van der Waals surface area contributed by atoms with Crippen LogP contribution in [0.25, 0.3) is 11.3 Å². The standard InChI is InChI=1S/C13H12N4O2/c14-11-5-1-3-8(10(11)7-17-19)12-9(13(15)18)4-2-6-16-12/h1-7,19H,14H2,(H2,15,18). The highest BCUT2D eigenvalue weighted by Gasteiger charge is 2.14. The number of rotatable bonds is 3. The Bertz CT molecular complexity index is 653. The van der Waals surface area contributed by atoms with E-state index in [0.29, 0.717) is 22.5 Å². The van der Waals surface area contributed by atoms with Crippen molar-refractivity contribution in [3.63, 3.8) is 0 Å². The Balaban J connectivity index is 2.72. The van der Waals surface area contributed by atoms with E-state index in [-0.39, 0.29) is 5.56 Å². The Morgan fingerprint density at radius 3 is 2.79 bits per heavy atom. The molecule has 0 aliphatic rings. The van der Waals surface area contributed by atoms with Crippen LogP contribution < -0.4 is 11.5 Å². The third-order valence-electron chi connectivity index (χ3n) is 2.65. The molecule has 6 heteroatoms. The molecule has 2 rings (SSSR count). The van der Waals surface area contributed by atoms with Crippen LogP contribution in [0.5, 0.6) is 0 Å². The minimum atomic E-state index is -0.586. The van der Waals surface area contributed by atoms with Crippen molar-refractivity contribution in [1.29, 1.82) is 0 Å². The molecule has 0 unspecified atom stereocenters. The summed E-state index contributed by atoms with van der Waals surface area (Å²) in [5.74, 6) is -0.586. The van der Waals surface area contributed by atoms with Crippen molar-refractivity contribution in [3.05, 3.63) is 47.7 Å². The predicted octanol–water partition coefficient (Wildman–Crippen LogP) is 1.24. The number of hydrogen-bond donors (Lipinski definition) is 3. The molecule has 0 saturated carbocycles. The van der Waals surface area contributed by atoms with Crippen LogP contribution in [-0.4, -0.2) is 22.3 Å². The summed E-state index contributed by atoms with van der Waals surface area (Å²) in [6.07, 6.45) is 2.74. The number of anilines is 1. The molecule has 0 radical (unpaired) electrons.